The van der Waals surface area contributed by atoms with Gasteiger partial charge in [-0.1, -0.05) is 18.2 Å². The fraction of sp³-hybridized carbons (Fsp3) is 0.333. The summed E-state index contributed by atoms with van der Waals surface area (Å²) in [4.78, 5) is 3.45. The van der Waals surface area contributed by atoms with Crippen LogP contribution < -0.4 is 9.72 Å². The molecule has 2 N–H and O–H groups in total. The predicted molar refractivity (Wildman–Crippen MR) is 101 cm³/mol. The van der Waals surface area contributed by atoms with Crippen molar-refractivity contribution in [3.63, 3.8) is 0 Å². The minimum atomic E-state index is 0.500. The first kappa shape index (κ1) is 15.7. The fourth-order valence-electron chi connectivity index (χ4n) is 4.07. The maximum atomic E-state index is 9.78. The van der Waals surface area contributed by atoms with Gasteiger partial charge in [-0.05, 0) is 56.7 Å². The molecule has 2 aromatic heterocycles. The molecule has 0 bridgehead atoms. The molecular formula is C21H23N4+. The van der Waals surface area contributed by atoms with Crippen molar-refractivity contribution < 1.29 is 4.40 Å². The highest BCUT2D eigenvalue weighted by Gasteiger charge is 2.27. The Morgan fingerprint density at radius 3 is 2.84 bits per heavy atom. The molecule has 2 heterocycles. The topological polar surface area (TPSA) is 55.7 Å². The lowest BCUT2D eigenvalue weighted by Crippen LogP contribution is -2.32. The van der Waals surface area contributed by atoms with Gasteiger partial charge in [0, 0.05) is 5.56 Å². The predicted octanol–water partition coefficient (Wildman–Crippen LogP) is 4.17. The van der Waals surface area contributed by atoms with E-state index in [1.165, 1.54) is 31.2 Å². The molecule has 4 heteroatoms. The molecule has 126 valence electrons. The van der Waals surface area contributed by atoms with E-state index in [1.807, 2.05) is 25.1 Å². The second-order valence-corrected chi connectivity index (χ2v) is 6.88. The van der Waals surface area contributed by atoms with E-state index in [-0.39, 0.29) is 0 Å². The number of hydrogen-bond donors (Lipinski definition) is 2. The van der Waals surface area contributed by atoms with Gasteiger partial charge in [0.2, 0.25) is 11.5 Å². The van der Waals surface area contributed by atoms with Crippen LogP contribution in [0, 0.1) is 18.3 Å². The van der Waals surface area contributed by atoms with Crippen LogP contribution in [0.1, 0.15) is 42.4 Å². The zero-order chi connectivity index (χ0) is 17.4. The monoisotopic (exact) mass is 331 g/mol. The minimum absolute atomic E-state index is 0.500. The molecule has 1 aliphatic rings. The summed E-state index contributed by atoms with van der Waals surface area (Å²) < 4.78 is 2.19. The molecule has 0 radical (unpaired) electrons. The van der Waals surface area contributed by atoms with Crippen LogP contribution in [-0.2, 0) is 6.42 Å². The van der Waals surface area contributed by atoms with Gasteiger partial charge < -0.3 is 5.32 Å². The number of aromatic amines is 1. The lowest BCUT2D eigenvalue weighted by molar-refractivity contribution is -0.465. The Morgan fingerprint density at radius 2 is 2.12 bits per heavy atom. The third-order valence-electron chi connectivity index (χ3n) is 5.35. The molecule has 4 rings (SSSR count). The highest BCUT2D eigenvalue weighted by Crippen LogP contribution is 2.29. The summed E-state index contributed by atoms with van der Waals surface area (Å²) in [5.74, 6) is 1.11. The van der Waals surface area contributed by atoms with E-state index in [1.54, 1.807) is 0 Å². The fourth-order valence-corrected chi connectivity index (χ4v) is 4.07. The minimum Gasteiger partial charge on any atom is -0.302 e. The number of aromatic nitrogens is 2. The quantitative estimate of drug-likeness (QED) is 0.557. The molecule has 0 amide bonds. The van der Waals surface area contributed by atoms with Crippen molar-refractivity contribution >= 4 is 22.5 Å². The van der Waals surface area contributed by atoms with Crippen LogP contribution in [0.2, 0.25) is 0 Å². The van der Waals surface area contributed by atoms with Crippen LogP contribution in [0.4, 0.5) is 5.82 Å². The number of imidazole rings is 1. The van der Waals surface area contributed by atoms with Gasteiger partial charge in [0.1, 0.15) is 22.7 Å². The third-order valence-corrected chi connectivity index (χ3v) is 5.35. The van der Waals surface area contributed by atoms with E-state index in [2.05, 4.69) is 39.5 Å². The average molecular weight is 331 g/mol. The van der Waals surface area contributed by atoms with Gasteiger partial charge in [-0.15, -0.1) is 6.58 Å². The van der Waals surface area contributed by atoms with Crippen molar-refractivity contribution in [3.8, 4) is 6.07 Å². The molecule has 1 saturated carbocycles. The number of para-hydroxylation sites is 2. The molecule has 0 unspecified atom stereocenters. The Bertz CT molecular complexity index is 1000. The van der Waals surface area contributed by atoms with Crippen molar-refractivity contribution in [2.45, 2.75) is 45.1 Å². The molecule has 3 aromatic rings. The highest BCUT2D eigenvalue weighted by atomic mass is 15.1. The van der Waals surface area contributed by atoms with Crippen LogP contribution >= 0.6 is 0 Å². The SMILES string of the molecule is C=CCc1c(C)c(C#N)c2[nH]c3ccccc3[n+]2c1NC1CCCC1. The smallest absolute Gasteiger partial charge is 0.250 e. The Kier molecular flexibility index (Phi) is 3.93. The first-order valence-electron chi connectivity index (χ1n) is 9.00. The Labute approximate surface area is 147 Å². The largest absolute Gasteiger partial charge is 0.302 e. The average Bonchev–Trinajstić information content (AvgIpc) is 3.25. The summed E-state index contributed by atoms with van der Waals surface area (Å²) in [6.07, 6.45) is 7.65. The van der Waals surface area contributed by atoms with Crippen LogP contribution in [0.15, 0.2) is 36.9 Å². The van der Waals surface area contributed by atoms with E-state index in [4.69, 9.17) is 0 Å². The first-order chi connectivity index (χ1) is 12.2. The number of hydrogen-bond acceptors (Lipinski definition) is 2. The van der Waals surface area contributed by atoms with Gasteiger partial charge >= 0.3 is 0 Å². The highest BCUT2D eigenvalue weighted by molar-refractivity contribution is 5.78. The number of nitrogens with one attached hydrogen (secondary N) is 2. The Hall–Kier alpha value is -2.80. The number of rotatable bonds is 4. The maximum absolute atomic E-state index is 9.78. The molecule has 0 saturated heterocycles. The van der Waals surface area contributed by atoms with E-state index in [0.717, 1.165) is 34.5 Å². The van der Waals surface area contributed by atoms with Gasteiger partial charge in [-0.3, -0.25) is 4.98 Å². The normalized spacial score (nSPS) is 14.9. The lowest BCUT2D eigenvalue weighted by Gasteiger charge is -2.16. The summed E-state index contributed by atoms with van der Waals surface area (Å²) in [6.45, 7) is 5.97. The molecule has 0 atom stereocenters. The zero-order valence-electron chi connectivity index (χ0n) is 14.6. The van der Waals surface area contributed by atoms with Crippen LogP contribution in [0.5, 0.6) is 0 Å². The lowest BCUT2D eigenvalue weighted by atomic mass is 10.0. The van der Waals surface area contributed by atoms with E-state index in [9.17, 15) is 5.26 Å². The van der Waals surface area contributed by atoms with Crippen molar-refractivity contribution in [1.29, 1.82) is 5.26 Å². The van der Waals surface area contributed by atoms with Gasteiger partial charge in [-0.2, -0.15) is 9.66 Å². The van der Waals surface area contributed by atoms with Crippen LogP contribution in [-0.4, -0.2) is 11.0 Å². The molecule has 1 fully saturated rings. The van der Waals surface area contributed by atoms with Gasteiger partial charge in [0.25, 0.3) is 0 Å². The summed E-state index contributed by atoms with van der Waals surface area (Å²) >= 11 is 0. The van der Waals surface area contributed by atoms with E-state index < -0.39 is 0 Å². The number of benzene rings is 1. The summed E-state index contributed by atoms with van der Waals surface area (Å²) in [5.41, 5.74) is 5.93. The summed E-state index contributed by atoms with van der Waals surface area (Å²) in [6, 6.07) is 11.1. The molecular weight excluding hydrogens is 308 g/mol. The number of allylic oxidation sites excluding steroid dienone is 1. The molecule has 4 nitrogen and oxygen atoms in total. The van der Waals surface area contributed by atoms with Crippen LogP contribution in [0.3, 0.4) is 0 Å². The van der Waals surface area contributed by atoms with Gasteiger partial charge in [0.05, 0.1) is 6.04 Å². The van der Waals surface area contributed by atoms with Gasteiger partial charge in [-0.25, -0.2) is 0 Å². The number of fused-ring (bicyclic) bond motifs is 3. The van der Waals surface area contributed by atoms with Crippen molar-refractivity contribution in [3.05, 3.63) is 53.6 Å². The van der Waals surface area contributed by atoms with E-state index in [0.29, 0.717) is 11.6 Å². The standard InChI is InChI=1S/C21H22N4/c1-3-8-16-14(2)17(13-22)21-24-18-11-6-7-12-19(18)25(21)20(16)23-15-9-4-5-10-15/h3,6-7,11-12,15H,1,4-5,8-10H2,2H3,(H,23,24)/p+1. The second kappa shape index (κ2) is 6.25. The molecule has 1 aromatic carbocycles. The first-order valence-corrected chi connectivity index (χ1v) is 9.00. The number of pyridine rings is 1. The molecule has 0 spiro atoms. The van der Waals surface area contributed by atoms with Crippen molar-refractivity contribution in [2.24, 2.45) is 0 Å². The maximum Gasteiger partial charge on any atom is 0.250 e. The van der Waals surface area contributed by atoms with Gasteiger partial charge in [0.15, 0.2) is 0 Å². The number of H-pyrrole nitrogens is 1. The zero-order valence-corrected chi connectivity index (χ0v) is 14.6. The Morgan fingerprint density at radius 1 is 1.36 bits per heavy atom. The number of nitriles is 1. The third kappa shape index (κ3) is 2.47. The number of nitrogens with zero attached hydrogens (tertiary/aromatic N) is 2. The van der Waals surface area contributed by atoms with Crippen LogP contribution in [0.25, 0.3) is 16.7 Å². The molecule has 0 aliphatic heterocycles. The summed E-state index contributed by atoms with van der Waals surface area (Å²) in [7, 11) is 0. The van der Waals surface area contributed by atoms with Crippen molar-refractivity contribution in [1.82, 2.24) is 4.98 Å². The number of anilines is 1. The molecule has 25 heavy (non-hydrogen) atoms. The summed E-state index contributed by atoms with van der Waals surface area (Å²) in [5, 5.41) is 13.6. The van der Waals surface area contributed by atoms with Crippen molar-refractivity contribution in [2.75, 3.05) is 5.32 Å². The second-order valence-electron chi connectivity index (χ2n) is 6.88. The Balaban J connectivity index is 2.08. The molecule has 1 aliphatic carbocycles. The van der Waals surface area contributed by atoms with E-state index >= 15 is 0 Å².